The summed E-state index contributed by atoms with van der Waals surface area (Å²) in [6.45, 7) is 3.01. The predicted octanol–water partition coefficient (Wildman–Crippen LogP) is 2.73. The first-order valence-corrected chi connectivity index (χ1v) is 8.52. The number of urea groups is 1. The van der Waals surface area contributed by atoms with E-state index in [2.05, 4.69) is 15.5 Å². The van der Waals surface area contributed by atoms with E-state index in [9.17, 15) is 13.6 Å². The van der Waals surface area contributed by atoms with Crippen molar-refractivity contribution in [1.82, 2.24) is 20.1 Å². The predicted molar refractivity (Wildman–Crippen MR) is 87.3 cm³/mol. The van der Waals surface area contributed by atoms with Crippen molar-refractivity contribution in [3.05, 3.63) is 41.0 Å². The summed E-state index contributed by atoms with van der Waals surface area (Å²) in [5.41, 5.74) is 0.675. The number of amides is 2. The van der Waals surface area contributed by atoms with Gasteiger partial charge in [0.25, 0.3) is 0 Å². The summed E-state index contributed by atoms with van der Waals surface area (Å²) in [4.78, 5) is 14.0. The molecular weight excluding hydrogens is 328 g/mol. The lowest BCUT2D eigenvalue weighted by molar-refractivity contribution is 0.243. The van der Waals surface area contributed by atoms with E-state index < -0.39 is 11.6 Å². The van der Waals surface area contributed by atoms with Crippen LogP contribution in [-0.2, 0) is 19.4 Å². The average Bonchev–Trinajstić information content (AvgIpc) is 3.18. The van der Waals surface area contributed by atoms with Crippen LogP contribution in [0.5, 0.6) is 0 Å². The molecule has 2 amide bonds. The van der Waals surface area contributed by atoms with E-state index in [1.54, 1.807) is 0 Å². The zero-order chi connectivity index (χ0) is 17.6. The van der Waals surface area contributed by atoms with Crippen LogP contribution in [-0.4, -0.2) is 27.3 Å². The van der Waals surface area contributed by atoms with E-state index >= 15 is 0 Å². The highest BCUT2D eigenvalue weighted by Gasteiger charge is 2.30. The minimum absolute atomic E-state index is 0.297. The lowest BCUT2D eigenvalue weighted by atomic mass is 10.1. The van der Waals surface area contributed by atoms with Crippen molar-refractivity contribution in [3.63, 3.8) is 0 Å². The summed E-state index contributed by atoms with van der Waals surface area (Å²) >= 11 is 0. The topological polar surface area (TPSA) is 63.1 Å². The maximum Gasteiger partial charge on any atom is 0.322 e. The van der Waals surface area contributed by atoms with E-state index in [4.69, 9.17) is 0 Å². The summed E-state index contributed by atoms with van der Waals surface area (Å²) in [6.07, 6.45) is 3.44. The number of hydrogen-bond acceptors (Lipinski definition) is 3. The van der Waals surface area contributed by atoms with Crippen molar-refractivity contribution in [2.24, 2.45) is 0 Å². The smallest absolute Gasteiger partial charge is 0.322 e. The number of rotatable bonds is 2. The van der Waals surface area contributed by atoms with Gasteiger partial charge in [-0.05, 0) is 32.3 Å². The number of aromatic nitrogens is 3. The first-order chi connectivity index (χ1) is 12.0. The molecule has 8 heteroatoms. The molecule has 6 nitrogen and oxygen atoms in total. The molecule has 0 saturated carbocycles. The number of aryl methyl sites for hydroxylation is 1. The number of anilines is 1. The van der Waals surface area contributed by atoms with Gasteiger partial charge >= 0.3 is 6.03 Å². The second kappa shape index (κ2) is 6.09. The second-order valence-corrected chi connectivity index (χ2v) is 6.54. The molecule has 1 aromatic carbocycles. The Morgan fingerprint density at radius 1 is 1.20 bits per heavy atom. The van der Waals surface area contributed by atoms with Gasteiger partial charge in [0, 0.05) is 31.1 Å². The Kier molecular flexibility index (Phi) is 3.89. The lowest BCUT2D eigenvalue weighted by Crippen LogP contribution is -2.41. The molecule has 1 atom stereocenters. The Bertz CT molecular complexity index is 835. The van der Waals surface area contributed by atoms with E-state index in [0.717, 1.165) is 37.7 Å². The largest absolute Gasteiger partial charge is 0.328 e. The quantitative estimate of drug-likeness (QED) is 0.909. The highest BCUT2D eigenvalue weighted by molar-refractivity contribution is 5.94. The van der Waals surface area contributed by atoms with Crippen molar-refractivity contribution in [1.29, 1.82) is 0 Å². The summed E-state index contributed by atoms with van der Waals surface area (Å²) < 4.78 is 29.4. The standard InChI is InChI=1S/C17H19F2N5O/c1-10(16-22-21-15-4-2-3-6-24(15)16)20-17(25)23-7-5-12-13(19)8-11(18)9-14(12)23/h8-10H,2-7H2,1H3,(H,20,25). The zero-order valence-electron chi connectivity index (χ0n) is 13.9. The number of benzene rings is 1. The molecule has 4 rings (SSSR count). The van der Waals surface area contributed by atoms with Crippen LogP contribution < -0.4 is 10.2 Å². The zero-order valence-corrected chi connectivity index (χ0v) is 13.9. The lowest BCUT2D eigenvalue weighted by Gasteiger charge is -2.22. The van der Waals surface area contributed by atoms with Crippen molar-refractivity contribution < 1.29 is 13.6 Å². The van der Waals surface area contributed by atoms with Crippen molar-refractivity contribution in [2.45, 2.75) is 45.2 Å². The average molecular weight is 347 g/mol. The Labute approximate surface area is 143 Å². The SMILES string of the molecule is CC(NC(=O)N1CCc2c(F)cc(F)cc21)c1nnc2n1CCCC2. The Morgan fingerprint density at radius 2 is 2.04 bits per heavy atom. The Hall–Kier alpha value is -2.51. The molecule has 0 spiro atoms. The molecule has 1 unspecified atom stereocenters. The molecule has 25 heavy (non-hydrogen) atoms. The number of fused-ring (bicyclic) bond motifs is 2. The fraction of sp³-hybridized carbons (Fsp3) is 0.471. The number of carbonyl (C=O) groups excluding carboxylic acids is 1. The van der Waals surface area contributed by atoms with Crippen LogP contribution in [0.3, 0.4) is 0 Å². The molecule has 0 bridgehead atoms. The number of nitrogens with zero attached hydrogens (tertiary/aromatic N) is 4. The molecule has 0 radical (unpaired) electrons. The fourth-order valence-electron chi connectivity index (χ4n) is 3.61. The maximum absolute atomic E-state index is 13.8. The van der Waals surface area contributed by atoms with Crippen LogP contribution >= 0.6 is 0 Å². The van der Waals surface area contributed by atoms with Crippen LogP contribution in [0.25, 0.3) is 0 Å². The summed E-state index contributed by atoms with van der Waals surface area (Å²) in [6, 6.07) is 1.33. The van der Waals surface area contributed by atoms with Gasteiger partial charge in [-0.25, -0.2) is 13.6 Å². The summed E-state index contributed by atoms with van der Waals surface area (Å²) in [5.74, 6) is 0.367. The number of hydrogen-bond donors (Lipinski definition) is 1. The normalized spacial score (nSPS) is 17.2. The van der Waals surface area contributed by atoms with Gasteiger partial charge in [-0.3, -0.25) is 4.90 Å². The molecule has 2 aromatic rings. The Morgan fingerprint density at radius 3 is 2.88 bits per heavy atom. The van der Waals surface area contributed by atoms with Gasteiger partial charge in [0.2, 0.25) is 0 Å². The third-order valence-corrected chi connectivity index (χ3v) is 4.87. The van der Waals surface area contributed by atoms with Gasteiger partial charge in [-0.15, -0.1) is 10.2 Å². The van der Waals surface area contributed by atoms with Gasteiger partial charge in [0.15, 0.2) is 5.82 Å². The minimum atomic E-state index is -0.685. The molecule has 1 aromatic heterocycles. The van der Waals surface area contributed by atoms with Crippen LogP contribution in [0.2, 0.25) is 0 Å². The molecule has 2 aliphatic rings. The highest BCUT2D eigenvalue weighted by atomic mass is 19.1. The molecule has 0 saturated heterocycles. The fourth-order valence-corrected chi connectivity index (χ4v) is 3.61. The van der Waals surface area contributed by atoms with Crippen LogP contribution in [0, 0.1) is 11.6 Å². The van der Waals surface area contributed by atoms with Crippen molar-refractivity contribution >= 4 is 11.7 Å². The first kappa shape index (κ1) is 16.0. The van der Waals surface area contributed by atoms with Gasteiger partial charge in [0.05, 0.1) is 11.7 Å². The number of halogens is 2. The molecule has 3 heterocycles. The molecule has 0 fully saturated rings. The minimum Gasteiger partial charge on any atom is -0.328 e. The number of nitrogens with one attached hydrogen (secondary N) is 1. The van der Waals surface area contributed by atoms with Gasteiger partial charge in [-0.1, -0.05) is 0 Å². The number of carbonyl (C=O) groups is 1. The van der Waals surface area contributed by atoms with E-state index in [1.807, 2.05) is 11.5 Å². The second-order valence-electron chi connectivity index (χ2n) is 6.54. The van der Waals surface area contributed by atoms with Gasteiger partial charge in [-0.2, -0.15) is 0 Å². The van der Waals surface area contributed by atoms with E-state index in [1.165, 1.54) is 11.0 Å². The first-order valence-electron chi connectivity index (χ1n) is 8.52. The monoisotopic (exact) mass is 347 g/mol. The molecule has 132 valence electrons. The van der Waals surface area contributed by atoms with Crippen molar-refractivity contribution in [2.75, 3.05) is 11.4 Å². The third-order valence-electron chi connectivity index (χ3n) is 4.87. The van der Waals surface area contributed by atoms with Gasteiger partial charge in [0.1, 0.15) is 17.5 Å². The van der Waals surface area contributed by atoms with E-state index in [0.29, 0.717) is 30.0 Å². The molecule has 2 aliphatic heterocycles. The summed E-state index contributed by atoms with van der Waals surface area (Å²) in [7, 11) is 0. The third kappa shape index (κ3) is 2.75. The maximum atomic E-state index is 13.8. The van der Waals surface area contributed by atoms with Crippen molar-refractivity contribution in [3.8, 4) is 0 Å². The van der Waals surface area contributed by atoms with E-state index in [-0.39, 0.29) is 12.1 Å². The van der Waals surface area contributed by atoms with Gasteiger partial charge < -0.3 is 9.88 Å². The van der Waals surface area contributed by atoms with Crippen LogP contribution in [0.15, 0.2) is 12.1 Å². The summed E-state index contributed by atoms with van der Waals surface area (Å²) in [5, 5.41) is 11.3. The van der Waals surface area contributed by atoms with Crippen LogP contribution in [0.4, 0.5) is 19.3 Å². The molecule has 1 N–H and O–H groups in total. The molecule has 0 aliphatic carbocycles. The highest BCUT2D eigenvalue weighted by Crippen LogP contribution is 2.31. The molecular formula is C17H19F2N5O. The van der Waals surface area contributed by atoms with Crippen LogP contribution in [0.1, 0.15) is 43.0 Å². The Balaban J connectivity index is 1.53.